The number of nitrogens with zero attached hydrogens (tertiary/aromatic N) is 1. The standard InChI is InChI=1S/C27H22Cl2N2O5S/c1-17-7-9-19(15-21(17)28)30-25(32)16-36-23-10-8-18(13-22(23)29)14-24-26(33)31(27(34)37-24)11-12-35-20-5-3-2-4-6-20/h2-10,13-15H,11-12,16H2,1H3,(H,30,32)/b24-14-. The number of para-hydroxylation sites is 1. The van der Waals surface area contributed by atoms with Crippen LogP contribution in [0.4, 0.5) is 10.5 Å². The van der Waals surface area contributed by atoms with Gasteiger partial charge in [0.1, 0.15) is 18.1 Å². The van der Waals surface area contributed by atoms with Crippen LogP contribution in [0.1, 0.15) is 11.1 Å². The Morgan fingerprint density at radius 2 is 1.78 bits per heavy atom. The highest BCUT2D eigenvalue weighted by Gasteiger charge is 2.34. The fraction of sp³-hybridized carbons (Fsp3) is 0.148. The molecule has 1 saturated heterocycles. The minimum Gasteiger partial charge on any atom is -0.492 e. The zero-order chi connectivity index (χ0) is 26.4. The van der Waals surface area contributed by atoms with Gasteiger partial charge in [-0.05, 0) is 72.3 Å². The van der Waals surface area contributed by atoms with Gasteiger partial charge in [-0.3, -0.25) is 19.3 Å². The monoisotopic (exact) mass is 556 g/mol. The molecule has 0 aromatic heterocycles. The first-order chi connectivity index (χ1) is 17.8. The smallest absolute Gasteiger partial charge is 0.293 e. The first-order valence-corrected chi connectivity index (χ1v) is 12.8. The van der Waals surface area contributed by atoms with E-state index >= 15 is 0 Å². The minimum atomic E-state index is -0.393. The van der Waals surface area contributed by atoms with Crippen LogP contribution in [0.15, 0.2) is 71.6 Å². The van der Waals surface area contributed by atoms with E-state index < -0.39 is 5.91 Å². The first kappa shape index (κ1) is 26.6. The van der Waals surface area contributed by atoms with Crippen molar-refractivity contribution in [2.75, 3.05) is 25.1 Å². The molecule has 0 unspecified atom stereocenters. The van der Waals surface area contributed by atoms with E-state index in [-0.39, 0.29) is 40.8 Å². The number of hydrogen-bond donors (Lipinski definition) is 1. The van der Waals surface area contributed by atoms with E-state index in [9.17, 15) is 14.4 Å². The molecule has 0 bridgehead atoms. The maximum Gasteiger partial charge on any atom is 0.293 e. The quantitative estimate of drug-likeness (QED) is 0.305. The summed E-state index contributed by atoms with van der Waals surface area (Å²) in [5, 5.41) is 3.16. The summed E-state index contributed by atoms with van der Waals surface area (Å²) in [5.74, 6) is 0.210. The molecule has 7 nitrogen and oxygen atoms in total. The molecule has 1 aliphatic rings. The highest BCUT2D eigenvalue weighted by atomic mass is 35.5. The zero-order valence-electron chi connectivity index (χ0n) is 19.7. The molecular formula is C27H22Cl2N2O5S. The number of carbonyl (C=O) groups is 3. The second kappa shape index (κ2) is 12.2. The third-order valence-corrected chi connectivity index (χ3v) is 6.88. The molecule has 0 radical (unpaired) electrons. The van der Waals surface area contributed by atoms with Crippen LogP contribution in [-0.4, -0.2) is 41.7 Å². The van der Waals surface area contributed by atoms with Crippen molar-refractivity contribution < 1.29 is 23.9 Å². The lowest BCUT2D eigenvalue weighted by atomic mass is 10.2. The average molecular weight is 557 g/mol. The topological polar surface area (TPSA) is 84.9 Å². The van der Waals surface area contributed by atoms with Gasteiger partial charge in [0, 0.05) is 10.7 Å². The van der Waals surface area contributed by atoms with Gasteiger partial charge < -0.3 is 14.8 Å². The van der Waals surface area contributed by atoms with Crippen LogP contribution in [0.5, 0.6) is 11.5 Å². The Morgan fingerprint density at radius 1 is 1.00 bits per heavy atom. The van der Waals surface area contributed by atoms with E-state index in [1.807, 2.05) is 31.2 Å². The molecule has 1 heterocycles. The zero-order valence-corrected chi connectivity index (χ0v) is 22.0. The van der Waals surface area contributed by atoms with Crippen LogP contribution in [0.25, 0.3) is 6.08 Å². The normalized spacial score (nSPS) is 14.2. The molecule has 4 rings (SSSR count). The van der Waals surface area contributed by atoms with Crippen LogP contribution >= 0.6 is 35.0 Å². The van der Waals surface area contributed by atoms with Crippen molar-refractivity contribution >= 4 is 63.8 Å². The van der Waals surface area contributed by atoms with Crippen LogP contribution in [-0.2, 0) is 9.59 Å². The first-order valence-electron chi connectivity index (χ1n) is 11.2. The molecule has 3 amide bonds. The van der Waals surface area contributed by atoms with E-state index in [1.54, 1.807) is 48.5 Å². The average Bonchev–Trinajstić information content (AvgIpc) is 3.13. The summed E-state index contributed by atoms with van der Waals surface area (Å²) in [6.07, 6.45) is 1.59. The number of rotatable bonds is 9. The van der Waals surface area contributed by atoms with E-state index in [4.69, 9.17) is 32.7 Å². The highest BCUT2D eigenvalue weighted by molar-refractivity contribution is 8.18. The van der Waals surface area contributed by atoms with Crippen LogP contribution in [0, 0.1) is 6.92 Å². The van der Waals surface area contributed by atoms with Crippen LogP contribution in [0.3, 0.4) is 0 Å². The third-order valence-electron chi connectivity index (χ3n) is 5.27. The number of thioether (sulfide) groups is 1. The Morgan fingerprint density at radius 3 is 2.51 bits per heavy atom. The lowest BCUT2D eigenvalue weighted by molar-refractivity contribution is -0.123. The number of aryl methyl sites for hydroxylation is 1. The number of carbonyl (C=O) groups excluding carboxylic acids is 3. The summed E-state index contributed by atoms with van der Waals surface area (Å²) in [5.41, 5.74) is 2.08. The molecule has 37 heavy (non-hydrogen) atoms. The number of amides is 3. The van der Waals surface area contributed by atoms with Gasteiger partial charge in [-0.15, -0.1) is 0 Å². The summed E-state index contributed by atoms with van der Waals surface area (Å²) in [4.78, 5) is 38.7. The summed E-state index contributed by atoms with van der Waals surface area (Å²) in [7, 11) is 0. The minimum absolute atomic E-state index is 0.140. The molecule has 3 aromatic rings. The van der Waals surface area contributed by atoms with Crippen molar-refractivity contribution in [1.29, 1.82) is 0 Å². The Labute approximate surface area is 228 Å². The van der Waals surface area contributed by atoms with Crippen molar-refractivity contribution in [3.05, 3.63) is 92.8 Å². The van der Waals surface area contributed by atoms with Crippen molar-refractivity contribution in [1.82, 2.24) is 4.90 Å². The second-order valence-electron chi connectivity index (χ2n) is 7.99. The summed E-state index contributed by atoms with van der Waals surface area (Å²) < 4.78 is 11.1. The predicted octanol–water partition coefficient (Wildman–Crippen LogP) is 6.43. The number of benzene rings is 3. The molecule has 3 aromatic carbocycles. The largest absolute Gasteiger partial charge is 0.492 e. The van der Waals surface area contributed by atoms with Gasteiger partial charge >= 0.3 is 0 Å². The molecular weight excluding hydrogens is 535 g/mol. The van der Waals surface area contributed by atoms with E-state index in [2.05, 4.69) is 5.32 Å². The molecule has 0 aliphatic carbocycles. The van der Waals surface area contributed by atoms with Gasteiger partial charge in [0.05, 0.1) is 16.5 Å². The van der Waals surface area contributed by atoms with Gasteiger partial charge in [-0.1, -0.05) is 53.5 Å². The van der Waals surface area contributed by atoms with Crippen molar-refractivity contribution in [3.63, 3.8) is 0 Å². The molecule has 1 aliphatic heterocycles. The molecule has 0 spiro atoms. The molecule has 0 atom stereocenters. The van der Waals surface area contributed by atoms with Gasteiger partial charge in [-0.2, -0.15) is 0 Å². The summed E-state index contributed by atoms with van der Waals surface area (Å²) in [6.45, 7) is 1.95. The molecule has 0 saturated carbocycles. The number of halogens is 2. The van der Waals surface area contributed by atoms with Crippen molar-refractivity contribution in [2.24, 2.45) is 0 Å². The summed E-state index contributed by atoms with van der Waals surface area (Å²) >= 11 is 13.3. The number of hydrogen-bond acceptors (Lipinski definition) is 6. The Hall–Kier alpha value is -3.46. The Bertz CT molecular complexity index is 1360. The molecule has 1 N–H and O–H groups in total. The van der Waals surface area contributed by atoms with E-state index in [0.717, 1.165) is 22.2 Å². The van der Waals surface area contributed by atoms with Gasteiger partial charge in [-0.25, -0.2) is 0 Å². The van der Waals surface area contributed by atoms with E-state index in [1.165, 1.54) is 0 Å². The second-order valence-corrected chi connectivity index (χ2v) is 9.79. The highest BCUT2D eigenvalue weighted by Crippen LogP contribution is 2.33. The number of ether oxygens (including phenoxy) is 2. The fourth-order valence-electron chi connectivity index (χ4n) is 3.35. The Balaban J connectivity index is 1.32. The van der Waals surface area contributed by atoms with Crippen molar-refractivity contribution in [2.45, 2.75) is 6.92 Å². The fourth-order valence-corrected chi connectivity index (χ4v) is 4.64. The lowest BCUT2D eigenvalue weighted by Crippen LogP contribution is -2.32. The van der Waals surface area contributed by atoms with Gasteiger partial charge in [0.2, 0.25) is 0 Å². The Kier molecular flexibility index (Phi) is 8.76. The summed E-state index contributed by atoms with van der Waals surface area (Å²) in [6, 6.07) is 19.3. The number of nitrogens with one attached hydrogen (secondary N) is 1. The number of anilines is 1. The lowest BCUT2D eigenvalue weighted by Gasteiger charge is -2.13. The molecule has 10 heteroatoms. The third kappa shape index (κ3) is 7.07. The molecule has 190 valence electrons. The maximum atomic E-state index is 12.7. The van der Waals surface area contributed by atoms with Gasteiger partial charge in [0.15, 0.2) is 6.61 Å². The van der Waals surface area contributed by atoms with Crippen LogP contribution in [0.2, 0.25) is 10.0 Å². The van der Waals surface area contributed by atoms with Crippen molar-refractivity contribution in [3.8, 4) is 11.5 Å². The SMILES string of the molecule is Cc1ccc(NC(=O)COc2ccc(/C=C3\SC(=O)N(CCOc4ccccc4)C3=O)cc2Cl)cc1Cl. The van der Waals surface area contributed by atoms with Gasteiger partial charge in [0.25, 0.3) is 17.1 Å². The molecule has 1 fully saturated rings. The number of imide groups is 1. The van der Waals surface area contributed by atoms with Crippen LogP contribution < -0.4 is 14.8 Å². The maximum absolute atomic E-state index is 12.7. The predicted molar refractivity (Wildman–Crippen MR) is 146 cm³/mol. The van der Waals surface area contributed by atoms with E-state index in [0.29, 0.717) is 27.8 Å².